The molecule has 0 saturated carbocycles. The molecule has 0 heterocycles. The van der Waals surface area contributed by atoms with Crippen LogP contribution in [0.2, 0.25) is 0 Å². The minimum absolute atomic E-state index is 0.00781. The maximum Gasteiger partial charge on any atom is 0.332 e. The number of carboxylic acid groups (broad SMARTS) is 1. The molecule has 5 nitrogen and oxygen atoms in total. The standard InChI is InChI=1S/C14H19NO4/c1-9-3-4-10(2)11(7-9)8-13(17)15-6-5-12(16)14(18)19/h3-4,7,12,16H,5-6,8H2,1-2H3,(H,15,17)(H,18,19)/t12-/m0/s1. The van der Waals surface area contributed by atoms with E-state index in [1.807, 2.05) is 32.0 Å². The van der Waals surface area contributed by atoms with Crippen LogP contribution in [-0.4, -0.2) is 34.7 Å². The van der Waals surface area contributed by atoms with Crippen LogP contribution in [0.5, 0.6) is 0 Å². The molecule has 0 fully saturated rings. The Morgan fingerprint density at radius 1 is 1.32 bits per heavy atom. The van der Waals surface area contributed by atoms with Crippen molar-refractivity contribution in [2.75, 3.05) is 6.54 Å². The van der Waals surface area contributed by atoms with E-state index in [4.69, 9.17) is 10.2 Å². The van der Waals surface area contributed by atoms with Crippen molar-refractivity contribution in [2.24, 2.45) is 0 Å². The van der Waals surface area contributed by atoms with Crippen molar-refractivity contribution in [1.82, 2.24) is 5.32 Å². The second kappa shape index (κ2) is 6.89. The maximum atomic E-state index is 11.7. The van der Waals surface area contributed by atoms with Crippen LogP contribution < -0.4 is 5.32 Å². The lowest BCUT2D eigenvalue weighted by atomic mass is 10.0. The fourth-order valence-corrected chi connectivity index (χ4v) is 1.70. The van der Waals surface area contributed by atoms with Crippen molar-refractivity contribution in [1.29, 1.82) is 0 Å². The Balaban J connectivity index is 2.43. The van der Waals surface area contributed by atoms with Crippen molar-refractivity contribution in [3.8, 4) is 0 Å². The Kier molecular flexibility index (Phi) is 5.51. The molecule has 104 valence electrons. The molecular formula is C14H19NO4. The zero-order valence-corrected chi connectivity index (χ0v) is 11.1. The van der Waals surface area contributed by atoms with Gasteiger partial charge in [0.15, 0.2) is 6.10 Å². The summed E-state index contributed by atoms with van der Waals surface area (Å²) in [5, 5.41) is 20.1. The van der Waals surface area contributed by atoms with Crippen LogP contribution in [0.4, 0.5) is 0 Å². The molecule has 1 aromatic rings. The van der Waals surface area contributed by atoms with E-state index in [1.165, 1.54) is 0 Å². The summed E-state index contributed by atoms with van der Waals surface area (Å²) < 4.78 is 0. The Morgan fingerprint density at radius 2 is 2.00 bits per heavy atom. The lowest BCUT2D eigenvalue weighted by molar-refractivity contribution is -0.147. The molecule has 1 atom stereocenters. The highest BCUT2D eigenvalue weighted by molar-refractivity contribution is 5.79. The lowest BCUT2D eigenvalue weighted by Gasteiger charge is -2.09. The highest BCUT2D eigenvalue weighted by Crippen LogP contribution is 2.11. The summed E-state index contributed by atoms with van der Waals surface area (Å²) in [6.07, 6.45) is -1.16. The molecule has 0 bridgehead atoms. The zero-order valence-electron chi connectivity index (χ0n) is 11.1. The third-order valence-electron chi connectivity index (χ3n) is 2.88. The van der Waals surface area contributed by atoms with Gasteiger partial charge in [0.25, 0.3) is 0 Å². The summed E-state index contributed by atoms with van der Waals surface area (Å²) in [4.78, 5) is 22.1. The third kappa shape index (κ3) is 5.09. The summed E-state index contributed by atoms with van der Waals surface area (Å²) in [7, 11) is 0. The molecule has 0 aromatic heterocycles. The molecule has 3 N–H and O–H groups in total. The van der Waals surface area contributed by atoms with Crippen LogP contribution in [0.15, 0.2) is 18.2 Å². The molecule has 5 heteroatoms. The van der Waals surface area contributed by atoms with Crippen LogP contribution in [0, 0.1) is 13.8 Å². The average Bonchev–Trinajstić information content (AvgIpc) is 2.33. The van der Waals surface area contributed by atoms with E-state index >= 15 is 0 Å². The maximum absolute atomic E-state index is 11.7. The van der Waals surface area contributed by atoms with E-state index in [1.54, 1.807) is 0 Å². The van der Waals surface area contributed by atoms with E-state index < -0.39 is 12.1 Å². The predicted octanol–water partition coefficient (Wildman–Crippen LogP) is 0.798. The largest absolute Gasteiger partial charge is 0.479 e. The molecule has 0 aliphatic rings. The second-order valence-electron chi connectivity index (χ2n) is 4.60. The molecule has 1 aromatic carbocycles. The molecule has 19 heavy (non-hydrogen) atoms. The molecule has 1 amide bonds. The SMILES string of the molecule is Cc1ccc(C)c(CC(=O)NCC[C@H](O)C(=O)O)c1. The minimum Gasteiger partial charge on any atom is -0.479 e. The normalized spacial score (nSPS) is 11.9. The van der Waals surface area contributed by atoms with Crippen molar-refractivity contribution in [3.63, 3.8) is 0 Å². The smallest absolute Gasteiger partial charge is 0.332 e. The quantitative estimate of drug-likeness (QED) is 0.710. The first-order valence-electron chi connectivity index (χ1n) is 6.14. The number of amides is 1. The van der Waals surface area contributed by atoms with E-state index in [0.29, 0.717) is 0 Å². The van der Waals surface area contributed by atoms with Gasteiger partial charge in [0.2, 0.25) is 5.91 Å². The van der Waals surface area contributed by atoms with E-state index in [2.05, 4.69) is 5.32 Å². The molecule has 0 aliphatic carbocycles. The number of hydrogen-bond acceptors (Lipinski definition) is 3. The van der Waals surface area contributed by atoms with Crippen molar-refractivity contribution in [2.45, 2.75) is 32.8 Å². The Morgan fingerprint density at radius 3 is 2.63 bits per heavy atom. The first-order valence-corrected chi connectivity index (χ1v) is 6.14. The average molecular weight is 265 g/mol. The molecule has 0 unspecified atom stereocenters. The Bertz CT molecular complexity index is 471. The van der Waals surface area contributed by atoms with Gasteiger partial charge in [-0.1, -0.05) is 23.8 Å². The molecule has 1 rings (SSSR count). The van der Waals surface area contributed by atoms with Gasteiger partial charge < -0.3 is 15.5 Å². The number of aliphatic hydroxyl groups excluding tert-OH is 1. The summed E-state index contributed by atoms with van der Waals surface area (Å²) in [6, 6.07) is 5.91. The second-order valence-corrected chi connectivity index (χ2v) is 4.60. The van der Waals surface area contributed by atoms with Gasteiger partial charge in [-0.05, 0) is 25.0 Å². The van der Waals surface area contributed by atoms with Crippen LogP contribution in [0.1, 0.15) is 23.1 Å². The van der Waals surface area contributed by atoms with Crippen LogP contribution in [-0.2, 0) is 16.0 Å². The number of hydrogen-bond donors (Lipinski definition) is 3. The van der Waals surface area contributed by atoms with Gasteiger partial charge in [-0.3, -0.25) is 4.79 Å². The number of aliphatic hydroxyl groups is 1. The number of aryl methyl sites for hydroxylation is 2. The number of carbonyl (C=O) groups is 2. The number of rotatable bonds is 6. The fourth-order valence-electron chi connectivity index (χ4n) is 1.70. The minimum atomic E-state index is -1.43. The van der Waals surface area contributed by atoms with Gasteiger partial charge in [-0.2, -0.15) is 0 Å². The Hall–Kier alpha value is -1.88. The number of carboxylic acids is 1. The van der Waals surface area contributed by atoms with Gasteiger partial charge >= 0.3 is 5.97 Å². The summed E-state index contributed by atoms with van der Waals surface area (Å²) in [5.41, 5.74) is 3.09. The summed E-state index contributed by atoms with van der Waals surface area (Å²) >= 11 is 0. The summed E-state index contributed by atoms with van der Waals surface area (Å²) in [6.45, 7) is 4.05. The number of aliphatic carboxylic acids is 1. The van der Waals surface area contributed by atoms with Gasteiger partial charge in [-0.25, -0.2) is 4.79 Å². The molecule has 0 spiro atoms. The van der Waals surface area contributed by atoms with E-state index in [9.17, 15) is 9.59 Å². The van der Waals surface area contributed by atoms with Crippen LogP contribution in [0.25, 0.3) is 0 Å². The van der Waals surface area contributed by atoms with Gasteiger partial charge in [0.05, 0.1) is 6.42 Å². The van der Waals surface area contributed by atoms with Crippen molar-refractivity contribution in [3.05, 3.63) is 34.9 Å². The number of carbonyl (C=O) groups excluding carboxylic acids is 1. The zero-order chi connectivity index (χ0) is 14.4. The first kappa shape index (κ1) is 15.2. The fraction of sp³-hybridized carbons (Fsp3) is 0.429. The van der Waals surface area contributed by atoms with Gasteiger partial charge in [0.1, 0.15) is 0 Å². The van der Waals surface area contributed by atoms with Crippen molar-refractivity contribution >= 4 is 11.9 Å². The third-order valence-corrected chi connectivity index (χ3v) is 2.88. The van der Waals surface area contributed by atoms with Crippen LogP contribution in [0.3, 0.4) is 0 Å². The molecular weight excluding hydrogens is 246 g/mol. The molecule has 0 saturated heterocycles. The van der Waals surface area contributed by atoms with Crippen LogP contribution >= 0.6 is 0 Å². The van der Waals surface area contributed by atoms with Gasteiger partial charge in [0, 0.05) is 13.0 Å². The van der Waals surface area contributed by atoms with E-state index in [0.717, 1.165) is 16.7 Å². The number of nitrogens with one attached hydrogen (secondary N) is 1. The lowest BCUT2D eigenvalue weighted by Crippen LogP contribution is -2.31. The van der Waals surface area contributed by atoms with Crippen molar-refractivity contribution < 1.29 is 19.8 Å². The topological polar surface area (TPSA) is 86.6 Å². The molecule has 0 radical (unpaired) electrons. The first-order chi connectivity index (χ1) is 8.90. The number of benzene rings is 1. The highest BCUT2D eigenvalue weighted by Gasteiger charge is 2.13. The Labute approximate surface area is 112 Å². The van der Waals surface area contributed by atoms with E-state index in [-0.39, 0.29) is 25.3 Å². The highest BCUT2D eigenvalue weighted by atomic mass is 16.4. The monoisotopic (exact) mass is 265 g/mol. The summed E-state index contributed by atoms with van der Waals surface area (Å²) in [5.74, 6) is -1.45. The predicted molar refractivity (Wildman–Crippen MR) is 70.9 cm³/mol. The molecule has 0 aliphatic heterocycles. The van der Waals surface area contributed by atoms with Gasteiger partial charge in [-0.15, -0.1) is 0 Å².